The van der Waals surface area contributed by atoms with Gasteiger partial charge in [0, 0.05) is 12.6 Å². The van der Waals surface area contributed by atoms with Gasteiger partial charge in [-0.05, 0) is 48.8 Å². The number of rotatable bonds is 4. The van der Waals surface area contributed by atoms with Crippen molar-refractivity contribution in [1.82, 2.24) is 5.32 Å². The normalized spacial score (nSPS) is 29.8. The molecule has 0 bridgehead atoms. The van der Waals surface area contributed by atoms with Crippen molar-refractivity contribution in [3.05, 3.63) is 29.8 Å². The highest BCUT2D eigenvalue weighted by molar-refractivity contribution is 5.27. The molecule has 2 aliphatic carbocycles. The molecule has 0 heterocycles. The molecule has 2 saturated carbocycles. The van der Waals surface area contributed by atoms with Crippen molar-refractivity contribution in [2.75, 3.05) is 7.11 Å². The smallest absolute Gasteiger partial charge is 0.118 e. The van der Waals surface area contributed by atoms with Crippen molar-refractivity contribution in [2.24, 2.45) is 11.8 Å². The fourth-order valence-corrected chi connectivity index (χ4v) is 4.06. The SMILES string of the molecule is COc1ccc(CNC2CCC3CCCCC3C2)cc1. The molecule has 1 N–H and O–H groups in total. The highest BCUT2D eigenvalue weighted by Crippen LogP contribution is 2.40. The average Bonchev–Trinajstić information content (AvgIpc) is 2.53. The molecule has 3 atom stereocenters. The summed E-state index contributed by atoms with van der Waals surface area (Å²) in [6.07, 6.45) is 10.1. The lowest BCUT2D eigenvalue weighted by atomic mass is 9.69. The quantitative estimate of drug-likeness (QED) is 0.890. The minimum Gasteiger partial charge on any atom is -0.497 e. The zero-order chi connectivity index (χ0) is 13.8. The predicted molar refractivity (Wildman–Crippen MR) is 82.9 cm³/mol. The molecule has 2 fully saturated rings. The van der Waals surface area contributed by atoms with Gasteiger partial charge < -0.3 is 10.1 Å². The van der Waals surface area contributed by atoms with Gasteiger partial charge in [0.15, 0.2) is 0 Å². The van der Waals surface area contributed by atoms with E-state index >= 15 is 0 Å². The Bertz CT molecular complexity index is 414. The van der Waals surface area contributed by atoms with Gasteiger partial charge in [-0.3, -0.25) is 0 Å². The summed E-state index contributed by atoms with van der Waals surface area (Å²) in [6.45, 7) is 0.992. The van der Waals surface area contributed by atoms with E-state index in [1.165, 1.54) is 50.5 Å². The van der Waals surface area contributed by atoms with Gasteiger partial charge in [0.05, 0.1) is 7.11 Å². The van der Waals surface area contributed by atoms with Crippen molar-refractivity contribution in [2.45, 2.75) is 57.5 Å². The van der Waals surface area contributed by atoms with Crippen LogP contribution in [0, 0.1) is 11.8 Å². The lowest BCUT2D eigenvalue weighted by Crippen LogP contribution is -2.38. The molecule has 0 aliphatic heterocycles. The van der Waals surface area contributed by atoms with Gasteiger partial charge in [-0.2, -0.15) is 0 Å². The summed E-state index contributed by atoms with van der Waals surface area (Å²) in [5, 5.41) is 3.77. The molecule has 20 heavy (non-hydrogen) atoms. The first kappa shape index (κ1) is 13.9. The first-order chi connectivity index (χ1) is 9.85. The van der Waals surface area contributed by atoms with Gasteiger partial charge in [-0.15, -0.1) is 0 Å². The molecule has 0 aromatic heterocycles. The lowest BCUT2D eigenvalue weighted by Gasteiger charge is -2.39. The third kappa shape index (κ3) is 3.35. The maximum absolute atomic E-state index is 5.20. The van der Waals surface area contributed by atoms with Gasteiger partial charge in [-0.25, -0.2) is 0 Å². The van der Waals surface area contributed by atoms with Crippen molar-refractivity contribution < 1.29 is 4.74 Å². The Hall–Kier alpha value is -1.02. The molecule has 0 saturated heterocycles. The van der Waals surface area contributed by atoms with Crippen molar-refractivity contribution in [3.63, 3.8) is 0 Å². The number of methoxy groups -OCH3 is 1. The van der Waals surface area contributed by atoms with Crippen molar-refractivity contribution >= 4 is 0 Å². The number of benzene rings is 1. The minimum atomic E-state index is 0.733. The summed E-state index contributed by atoms with van der Waals surface area (Å²) < 4.78 is 5.20. The standard InChI is InChI=1S/C18H27NO/c1-20-18-10-6-14(7-11-18)13-19-17-9-8-15-4-2-3-5-16(15)12-17/h6-7,10-11,15-17,19H,2-5,8-9,12-13H2,1H3. The molecule has 2 aliphatic rings. The molecule has 0 amide bonds. The molecule has 0 radical (unpaired) electrons. The van der Waals surface area contributed by atoms with E-state index < -0.39 is 0 Å². The van der Waals surface area contributed by atoms with E-state index in [1.54, 1.807) is 7.11 Å². The molecule has 110 valence electrons. The summed E-state index contributed by atoms with van der Waals surface area (Å²) in [5.74, 6) is 2.99. The topological polar surface area (TPSA) is 21.3 Å². The zero-order valence-corrected chi connectivity index (χ0v) is 12.6. The molecular weight excluding hydrogens is 246 g/mol. The van der Waals surface area contributed by atoms with Crippen LogP contribution >= 0.6 is 0 Å². The molecule has 2 nitrogen and oxygen atoms in total. The van der Waals surface area contributed by atoms with Crippen LogP contribution < -0.4 is 10.1 Å². The van der Waals surface area contributed by atoms with Crippen LogP contribution in [0.3, 0.4) is 0 Å². The van der Waals surface area contributed by atoms with Crippen LogP contribution in [0.1, 0.15) is 50.5 Å². The van der Waals surface area contributed by atoms with E-state index in [4.69, 9.17) is 4.74 Å². The number of hydrogen-bond donors (Lipinski definition) is 1. The summed E-state index contributed by atoms with van der Waals surface area (Å²) in [4.78, 5) is 0. The fourth-order valence-electron chi connectivity index (χ4n) is 4.06. The van der Waals surface area contributed by atoms with Crippen molar-refractivity contribution in [3.8, 4) is 5.75 Å². The maximum Gasteiger partial charge on any atom is 0.118 e. The summed E-state index contributed by atoms with van der Waals surface area (Å²) in [6, 6.07) is 9.16. The van der Waals surface area contributed by atoms with E-state index in [1.807, 2.05) is 0 Å². The van der Waals surface area contributed by atoms with E-state index in [-0.39, 0.29) is 0 Å². The van der Waals surface area contributed by atoms with Crippen LogP contribution in [-0.4, -0.2) is 13.2 Å². The second-order valence-electron chi connectivity index (χ2n) is 6.54. The van der Waals surface area contributed by atoms with Crippen molar-refractivity contribution in [1.29, 1.82) is 0 Å². The van der Waals surface area contributed by atoms with Crippen LogP contribution in [0.15, 0.2) is 24.3 Å². The molecule has 2 heteroatoms. The van der Waals surface area contributed by atoms with Crippen LogP contribution in [0.25, 0.3) is 0 Å². The highest BCUT2D eigenvalue weighted by Gasteiger charge is 2.31. The Kier molecular flexibility index (Phi) is 4.62. The number of nitrogens with one attached hydrogen (secondary N) is 1. The monoisotopic (exact) mass is 273 g/mol. The Balaban J connectivity index is 1.48. The average molecular weight is 273 g/mol. The van der Waals surface area contributed by atoms with E-state index in [9.17, 15) is 0 Å². The first-order valence-electron chi connectivity index (χ1n) is 8.21. The third-order valence-electron chi connectivity index (χ3n) is 5.29. The van der Waals surface area contributed by atoms with Gasteiger partial charge in [0.25, 0.3) is 0 Å². The largest absolute Gasteiger partial charge is 0.497 e. The van der Waals surface area contributed by atoms with Crippen LogP contribution in [0.4, 0.5) is 0 Å². The molecule has 3 unspecified atom stereocenters. The molecule has 1 aromatic carbocycles. The van der Waals surface area contributed by atoms with Gasteiger partial charge in [0.1, 0.15) is 5.75 Å². The second kappa shape index (κ2) is 6.62. The van der Waals surface area contributed by atoms with Crippen LogP contribution in [-0.2, 0) is 6.54 Å². The Labute approximate surface area is 122 Å². The minimum absolute atomic E-state index is 0.733. The molecule has 3 rings (SSSR count). The van der Waals surface area contributed by atoms with E-state index in [0.29, 0.717) is 0 Å². The maximum atomic E-state index is 5.20. The summed E-state index contributed by atoms with van der Waals surface area (Å²) >= 11 is 0. The molecular formula is C18H27NO. The summed E-state index contributed by atoms with van der Waals surface area (Å²) in [5.41, 5.74) is 1.36. The van der Waals surface area contributed by atoms with Crippen LogP contribution in [0.5, 0.6) is 5.75 Å². The Morgan fingerprint density at radius 2 is 1.75 bits per heavy atom. The van der Waals surface area contributed by atoms with Gasteiger partial charge in [-0.1, -0.05) is 37.8 Å². The molecule has 0 spiro atoms. The van der Waals surface area contributed by atoms with E-state index in [2.05, 4.69) is 29.6 Å². The van der Waals surface area contributed by atoms with Gasteiger partial charge >= 0.3 is 0 Å². The Morgan fingerprint density at radius 1 is 1.00 bits per heavy atom. The fraction of sp³-hybridized carbons (Fsp3) is 0.667. The summed E-state index contributed by atoms with van der Waals surface area (Å²) in [7, 11) is 1.72. The zero-order valence-electron chi connectivity index (χ0n) is 12.6. The molecule has 1 aromatic rings. The van der Waals surface area contributed by atoms with E-state index in [0.717, 1.165) is 30.2 Å². The number of hydrogen-bond acceptors (Lipinski definition) is 2. The van der Waals surface area contributed by atoms with Crippen LogP contribution in [0.2, 0.25) is 0 Å². The predicted octanol–water partition coefficient (Wildman–Crippen LogP) is 4.14. The second-order valence-corrected chi connectivity index (χ2v) is 6.54. The first-order valence-corrected chi connectivity index (χ1v) is 8.21. The number of ether oxygens (including phenoxy) is 1. The van der Waals surface area contributed by atoms with Gasteiger partial charge in [0.2, 0.25) is 0 Å². The highest BCUT2D eigenvalue weighted by atomic mass is 16.5. The third-order valence-corrected chi connectivity index (χ3v) is 5.29. The lowest BCUT2D eigenvalue weighted by molar-refractivity contribution is 0.143. The number of fused-ring (bicyclic) bond motifs is 1. The Morgan fingerprint density at radius 3 is 2.50 bits per heavy atom.